The third-order valence-corrected chi connectivity index (χ3v) is 2.75. The Bertz CT molecular complexity index is 396. The maximum absolute atomic E-state index is 9.73. The SMILES string of the molecule is CN(C)CC(O)CNCc1cccc2c1OCO2. The zero-order valence-corrected chi connectivity index (χ0v) is 10.8. The average molecular weight is 252 g/mol. The summed E-state index contributed by atoms with van der Waals surface area (Å²) in [5.41, 5.74) is 1.06. The van der Waals surface area contributed by atoms with Gasteiger partial charge in [0.1, 0.15) is 0 Å². The van der Waals surface area contributed by atoms with Gasteiger partial charge >= 0.3 is 0 Å². The fraction of sp³-hybridized carbons (Fsp3) is 0.538. The second-order valence-electron chi connectivity index (χ2n) is 4.70. The highest BCUT2D eigenvalue weighted by molar-refractivity contribution is 5.48. The lowest BCUT2D eigenvalue weighted by atomic mass is 10.2. The van der Waals surface area contributed by atoms with E-state index in [-0.39, 0.29) is 12.9 Å². The number of fused-ring (bicyclic) bond motifs is 1. The quantitative estimate of drug-likeness (QED) is 0.769. The van der Waals surface area contributed by atoms with Crippen molar-refractivity contribution < 1.29 is 14.6 Å². The van der Waals surface area contributed by atoms with E-state index in [2.05, 4.69) is 5.32 Å². The van der Waals surface area contributed by atoms with Crippen molar-refractivity contribution in [3.8, 4) is 11.5 Å². The van der Waals surface area contributed by atoms with Crippen LogP contribution in [0.1, 0.15) is 5.56 Å². The van der Waals surface area contributed by atoms with Crippen LogP contribution in [0.2, 0.25) is 0 Å². The summed E-state index contributed by atoms with van der Waals surface area (Å²) in [5.74, 6) is 1.61. The van der Waals surface area contributed by atoms with E-state index in [9.17, 15) is 5.11 Å². The molecule has 0 bridgehead atoms. The lowest BCUT2D eigenvalue weighted by Crippen LogP contribution is -2.34. The number of para-hydroxylation sites is 1. The minimum Gasteiger partial charge on any atom is -0.454 e. The molecule has 0 aromatic heterocycles. The van der Waals surface area contributed by atoms with Crippen LogP contribution in [0.4, 0.5) is 0 Å². The van der Waals surface area contributed by atoms with Crippen LogP contribution in [-0.4, -0.2) is 50.1 Å². The lowest BCUT2D eigenvalue weighted by Gasteiger charge is -2.16. The first-order valence-corrected chi connectivity index (χ1v) is 6.08. The molecule has 1 aromatic rings. The van der Waals surface area contributed by atoms with Gasteiger partial charge in [-0.1, -0.05) is 12.1 Å². The van der Waals surface area contributed by atoms with E-state index >= 15 is 0 Å². The van der Waals surface area contributed by atoms with Gasteiger partial charge in [-0.05, 0) is 20.2 Å². The number of rotatable bonds is 6. The fourth-order valence-corrected chi connectivity index (χ4v) is 1.99. The van der Waals surface area contributed by atoms with Crippen LogP contribution in [-0.2, 0) is 6.54 Å². The summed E-state index contributed by atoms with van der Waals surface area (Å²) >= 11 is 0. The van der Waals surface area contributed by atoms with E-state index < -0.39 is 0 Å². The van der Waals surface area contributed by atoms with E-state index in [0.717, 1.165) is 17.1 Å². The molecule has 1 aliphatic heterocycles. The normalized spacial score (nSPS) is 15.1. The van der Waals surface area contributed by atoms with Crippen molar-refractivity contribution in [3.05, 3.63) is 23.8 Å². The van der Waals surface area contributed by atoms with Crippen molar-refractivity contribution in [1.82, 2.24) is 10.2 Å². The van der Waals surface area contributed by atoms with Crippen LogP contribution < -0.4 is 14.8 Å². The topological polar surface area (TPSA) is 54.0 Å². The first-order chi connectivity index (χ1) is 8.66. The van der Waals surface area contributed by atoms with Crippen LogP contribution in [0.5, 0.6) is 11.5 Å². The summed E-state index contributed by atoms with van der Waals surface area (Å²) < 4.78 is 10.7. The first kappa shape index (κ1) is 13.1. The number of aliphatic hydroxyl groups is 1. The Hall–Kier alpha value is -1.30. The predicted octanol–water partition coefficient (Wildman–Crippen LogP) is 0.427. The molecule has 0 saturated carbocycles. The van der Waals surface area contributed by atoms with Gasteiger partial charge < -0.3 is 24.8 Å². The second kappa shape index (κ2) is 6.04. The van der Waals surface area contributed by atoms with Crippen LogP contribution in [0.15, 0.2) is 18.2 Å². The molecular formula is C13H20N2O3. The van der Waals surface area contributed by atoms with Gasteiger partial charge in [0.2, 0.25) is 6.79 Å². The highest BCUT2D eigenvalue weighted by Crippen LogP contribution is 2.35. The smallest absolute Gasteiger partial charge is 0.231 e. The van der Waals surface area contributed by atoms with Crippen molar-refractivity contribution in [2.24, 2.45) is 0 Å². The number of benzene rings is 1. The Labute approximate surface area is 107 Å². The van der Waals surface area contributed by atoms with E-state index in [1.54, 1.807) is 0 Å². The summed E-state index contributed by atoms with van der Waals surface area (Å²) in [6.07, 6.45) is -0.367. The maximum Gasteiger partial charge on any atom is 0.231 e. The molecular weight excluding hydrogens is 232 g/mol. The van der Waals surface area contributed by atoms with Crippen LogP contribution in [0, 0.1) is 0 Å². The number of nitrogens with zero attached hydrogens (tertiary/aromatic N) is 1. The van der Waals surface area contributed by atoms with Gasteiger partial charge in [0.25, 0.3) is 0 Å². The summed E-state index contributed by atoms with van der Waals surface area (Å²) in [7, 11) is 3.89. The molecule has 1 aliphatic rings. The Balaban J connectivity index is 1.82. The van der Waals surface area contributed by atoms with E-state index in [1.165, 1.54) is 0 Å². The van der Waals surface area contributed by atoms with Crippen molar-refractivity contribution in [3.63, 3.8) is 0 Å². The third kappa shape index (κ3) is 3.35. The van der Waals surface area contributed by atoms with E-state index in [1.807, 2.05) is 37.2 Å². The van der Waals surface area contributed by atoms with Gasteiger partial charge in [-0.3, -0.25) is 0 Å². The summed E-state index contributed by atoms with van der Waals surface area (Å²) in [4.78, 5) is 1.96. The maximum atomic E-state index is 9.73. The largest absolute Gasteiger partial charge is 0.454 e. The minimum atomic E-state index is -0.367. The molecule has 2 N–H and O–H groups in total. The van der Waals surface area contributed by atoms with Gasteiger partial charge in [0.15, 0.2) is 11.5 Å². The molecule has 0 fully saturated rings. The molecule has 18 heavy (non-hydrogen) atoms. The number of nitrogens with one attached hydrogen (secondary N) is 1. The van der Waals surface area contributed by atoms with Crippen molar-refractivity contribution in [2.75, 3.05) is 34.0 Å². The predicted molar refractivity (Wildman–Crippen MR) is 68.8 cm³/mol. The second-order valence-corrected chi connectivity index (χ2v) is 4.70. The van der Waals surface area contributed by atoms with Gasteiger partial charge in [0, 0.05) is 25.2 Å². The molecule has 1 aromatic carbocycles. The van der Waals surface area contributed by atoms with E-state index in [4.69, 9.17) is 9.47 Å². The Morgan fingerprint density at radius 3 is 3.00 bits per heavy atom. The lowest BCUT2D eigenvalue weighted by molar-refractivity contribution is 0.134. The molecule has 2 rings (SSSR count). The minimum absolute atomic E-state index is 0.287. The molecule has 5 nitrogen and oxygen atoms in total. The molecule has 0 radical (unpaired) electrons. The molecule has 1 unspecified atom stereocenters. The molecule has 1 atom stereocenters. The van der Waals surface area contributed by atoms with Crippen molar-refractivity contribution in [1.29, 1.82) is 0 Å². The number of hydrogen-bond donors (Lipinski definition) is 2. The number of aliphatic hydroxyl groups excluding tert-OH is 1. The number of likely N-dealkylation sites (N-methyl/N-ethyl adjacent to an activating group) is 1. The van der Waals surface area contributed by atoms with Gasteiger partial charge in [-0.25, -0.2) is 0 Å². The summed E-state index contributed by atoms with van der Waals surface area (Å²) in [6.45, 7) is 2.16. The van der Waals surface area contributed by atoms with Crippen LogP contribution >= 0.6 is 0 Å². The molecule has 0 aliphatic carbocycles. The van der Waals surface area contributed by atoms with Gasteiger partial charge in [0.05, 0.1) is 6.10 Å². The van der Waals surface area contributed by atoms with Gasteiger partial charge in [-0.2, -0.15) is 0 Å². The van der Waals surface area contributed by atoms with Crippen LogP contribution in [0.25, 0.3) is 0 Å². The fourth-order valence-electron chi connectivity index (χ4n) is 1.99. The number of hydrogen-bond acceptors (Lipinski definition) is 5. The zero-order valence-electron chi connectivity index (χ0n) is 10.8. The number of ether oxygens (including phenoxy) is 2. The summed E-state index contributed by atoms with van der Waals surface area (Å²) in [6, 6.07) is 5.84. The van der Waals surface area contributed by atoms with Crippen molar-refractivity contribution >= 4 is 0 Å². The molecule has 1 heterocycles. The molecule has 0 amide bonds. The first-order valence-electron chi connectivity index (χ1n) is 6.08. The molecule has 0 saturated heterocycles. The van der Waals surface area contributed by atoms with Gasteiger partial charge in [-0.15, -0.1) is 0 Å². The van der Waals surface area contributed by atoms with Crippen LogP contribution in [0.3, 0.4) is 0 Å². The molecule has 100 valence electrons. The highest BCUT2D eigenvalue weighted by atomic mass is 16.7. The van der Waals surface area contributed by atoms with E-state index in [0.29, 0.717) is 19.6 Å². The Morgan fingerprint density at radius 2 is 2.22 bits per heavy atom. The average Bonchev–Trinajstić information content (AvgIpc) is 2.76. The Morgan fingerprint density at radius 1 is 1.39 bits per heavy atom. The summed E-state index contributed by atoms with van der Waals surface area (Å²) in [5, 5.41) is 13.0. The molecule has 5 heteroatoms. The third-order valence-electron chi connectivity index (χ3n) is 2.75. The van der Waals surface area contributed by atoms with Crippen molar-refractivity contribution in [2.45, 2.75) is 12.6 Å². The zero-order chi connectivity index (χ0) is 13.0. The standard InChI is InChI=1S/C13H20N2O3/c1-15(2)8-11(16)7-14-6-10-4-3-5-12-13(10)18-9-17-12/h3-5,11,14,16H,6-9H2,1-2H3. The Kier molecular flexibility index (Phi) is 4.41. The molecule has 0 spiro atoms. The monoisotopic (exact) mass is 252 g/mol. The highest BCUT2D eigenvalue weighted by Gasteiger charge is 2.16.